The minimum atomic E-state index is 0.170. The Morgan fingerprint density at radius 2 is 2.12 bits per heavy atom. The summed E-state index contributed by atoms with van der Waals surface area (Å²) in [5.74, 6) is 1.37. The van der Waals surface area contributed by atoms with E-state index in [1.54, 1.807) is 7.11 Å². The normalized spacial score (nSPS) is 10.6. The molecule has 0 bridgehead atoms. The van der Waals surface area contributed by atoms with Crippen LogP contribution in [-0.2, 0) is 0 Å². The second-order valence-electron chi connectivity index (χ2n) is 4.39. The molecule has 0 aliphatic rings. The van der Waals surface area contributed by atoms with Crippen LogP contribution in [0.1, 0.15) is 42.1 Å². The summed E-state index contributed by atoms with van der Waals surface area (Å²) in [5.41, 5.74) is 1.85. The summed E-state index contributed by atoms with van der Waals surface area (Å²) < 4.78 is 5.30. The van der Waals surface area contributed by atoms with Crippen molar-refractivity contribution in [2.45, 2.75) is 26.2 Å². The van der Waals surface area contributed by atoms with Gasteiger partial charge in [0.25, 0.3) is 0 Å². The minimum absolute atomic E-state index is 0.170. The lowest BCUT2D eigenvalue weighted by atomic mass is 9.97. The van der Waals surface area contributed by atoms with Gasteiger partial charge in [-0.3, -0.25) is 4.79 Å². The highest BCUT2D eigenvalue weighted by Crippen LogP contribution is 2.27. The third-order valence-corrected chi connectivity index (χ3v) is 2.78. The number of carbonyl (C=O) groups is 1. The smallest absolute Gasteiger partial charge is 0.164 e. The maximum atomic E-state index is 11.9. The van der Waals surface area contributed by atoms with E-state index in [0.717, 1.165) is 16.9 Å². The summed E-state index contributed by atoms with van der Waals surface area (Å²) >= 11 is 0. The summed E-state index contributed by atoms with van der Waals surface area (Å²) in [7, 11) is 3.50. The van der Waals surface area contributed by atoms with Crippen LogP contribution >= 0.6 is 0 Å². The van der Waals surface area contributed by atoms with Crippen molar-refractivity contribution in [3.63, 3.8) is 0 Å². The molecular formula is C14H21NO2. The number of carbonyl (C=O) groups excluding carboxylic acids is 1. The fourth-order valence-electron chi connectivity index (χ4n) is 1.74. The van der Waals surface area contributed by atoms with Crippen LogP contribution < -0.4 is 10.1 Å². The maximum Gasteiger partial charge on any atom is 0.164 e. The lowest BCUT2D eigenvalue weighted by Crippen LogP contribution is -2.13. The highest BCUT2D eigenvalue weighted by atomic mass is 16.5. The van der Waals surface area contributed by atoms with E-state index in [1.165, 1.54) is 0 Å². The van der Waals surface area contributed by atoms with Gasteiger partial charge in [0.05, 0.1) is 7.11 Å². The molecule has 3 nitrogen and oxygen atoms in total. The van der Waals surface area contributed by atoms with E-state index in [1.807, 2.05) is 25.2 Å². The largest absolute Gasteiger partial charge is 0.496 e. The third kappa shape index (κ3) is 3.56. The lowest BCUT2D eigenvalue weighted by Gasteiger charge is -2.13. The van der Waals surface area contributed by atoms with Crippen LogP contribution in [0, 0.1) is 0 Å². The highest BCUT2D eigenvalue weighted by molar-refractivity contribution is 5.96. The van der Waals surface area contributed by atoms with Crippen molar-refractivity contribution in [2.75, 3.05) is 20.7 Å². The molecule has 1 rings (SSSR count). The minimum Gasteiger partial charge on any atom is -0.496 e. The first-order chi connectivity index (χ1) is 8.10. The summed E-state index contributed by atoms with van der Waals surface area (Å²) in [4.78, 5) is 11.9. The molecule has 3 heteroatoms. The zero-order valence-corrected chi connectivity index (χ0v) is 11.0. The average molecular weight is 235 g/mol. The topological polar surface area (TPSA) is 38.3 Å². The molecule has 0 aliphatic heterocycles. The van der Waals surface area contributed by atoms with Gasteiger partial charge in [0.1, 0.15) is 5.75 Å². The van der Waals surface area contributed by atoms with Crippen LogP contribution in [0.5, 0.6) is 5.75 Å². The Labute approximate surface area is 103 Å². The molecule has 0 radical (unpaired) electrons. The van der Waals surface area contributed by atoms with Gasteiger partial charge >= 0.3 is 0 Å². The molecule has 0 saturated carbocycles. The molecular weight excluding hydrogens is 214 g/mol. The summed E-state index contributed by atoms with van der Waals surface area (Å²) in [5, 5.41) is 2.98. The molecule has 0 amide bonds. The Morgan fingerprint density at radius 1 is 1.41 bits per heavy atom. The molecule has 0 saturated heterocycles. The number of hydrogen-bond acceptors (Lipinski definition) is 3. The number of nitrogens with one attached hydrogen (secondary N) is 1. The van der Waals surface area contributed by atoms with Gasteiger partial charge in [-0.2, -0.15) is 0 Å². The predicted molar refractivity (Wildman–Crippen MR) is 70.0 cm³/mol. The SMILES string of the molecule is CNCCC(=O)c1ccc(OC)c(C(C)C)c1. The second-order valence-corrected chi connectivity index (χ2v) is 4.39. The fourth-order valence-corrected chi connectivity index (χ4v) is 1.74. The van der Waals surface area contributed by atoms with E-state index in [9.17, 15) is 4.79 Å². The van der Waals surface area contributed by atoms with Crippen molar-refractivity contribution in [1.82, 2.24) is 5.32 Å². The van der Waals surface area contributed by atoms with Crippen LogP contribution in [0.3, 0.4) is 0 Å². The van der Waals surface area contributed by atoms with Gasteiger partial charge < -0.3 is 10.1 Å². The van der Waals surface area contributed by atoms with Gasteiger partial charge in [0.2, 0.25) is 0 Å². The monoisotopic (exact) mass is 235 g/mol. The van der Waals surface area contributed by atoms with E-state index >= 15 is 0 Å². The van der Waals surface area contributed by atoms with E-state index < -0.39 is 0 Å². The van der Waals surface area contributed by atoms with Crippen LogP contribution in [0.15, 0.2) is 18.2 Å². The molecule has 0 heterocycles. The lowest BCUT2D eigenvalue weighted by molar-refractivity contribution is 0.0983. The van der Waals surface area contributed by atoms with Crippen LogP contribution in [-0.4, -0.2) is 26.5 Å². The highest BCUT2D eigenvalue weighted by Gasteiger charge is 2.12. The molecule has 1 N–H and O–H groups in total. The predicted octanol–water partition coefficient (Wildman–Crippen LogP) is 2.61. The van der Waals surface area contributed by atoms with Gasteiger partial charge in [-0.05, 0) is 36.7 Å². The van der Waals surface area contributed by atoms with E-state index in [2.05, 4.69) is 19.2 Å². The number of hydrogen-bond donors (Lipinski definition) is 1. The maximum absolute atomic E-state index is 11.9. The molecule has 0 spiro atoms. The molecule has 0 atom stereocenters. The third-order valence-electron chi connectivity index (χ3n) is 2.78. The Morgan fingerprint density at radius 3 is 2.65 bits per heavy atom. The Hall–Kier alpha value is -1.35. The van der Waals surface area contributed by atoms with Crippen molar-refractivity contribution in [3.05, 3.63) is 29.3 Å². The van der Waals surface area contributed by atoms with Crippen molar-refractivity contribution >= 4 is 5.78 Å². The molecule has 1 aromatic rings. The van der Waals surface area contributed by atoms with Gasteiger partial charge in [0, 0.05) is 18.5 Å². The number of methoxy groups -OCH3 is 1. The van der Waals surface area contributed by atoms with Crippen molar-refractivity contribution < 1.29 is 9.53 Å². The van der Waals surface area contributed by atoms with Gasteiger partial charge in [-0.15, -0.1) is 0 Å². The van der Waals surface area contributed by atoms with Crippen LogP contribution in [0.4, 0.5) is 0 Å². The zero-order chi connectivity index (χ0) is 12.8. The van der Waals surface area contributed by atoms with Gasteiger partial charge in [0.15, 0.2) is 5.78 Å². The second kappa shape index (κ2) is 6.40. The Balaban J connectivity index is 2.95. The number of Topliss-reactive ketones (excluding diaryl/α,β-unsaturated/α-hetero) is 1. The van der Waals surface area contributed by atoms with Crippen molar-refractivity contribution in [3.8, 4) is 5.75 Å². The summed E-state index contributed by atoms with van der Waals surface area (Å²) in [6.07, 6.45) is 0.528. The first-order valence-corrected chi connectivity index (χ1v) is 5.96. The molecule has 17 heavy (non-hydrogen) atoms. The standard InChI is InChI=1S/C14H21NO2/c1-10(2)12-9-11(5-6-14(12)17-4)13(16)7-8-15-3/h5-6,9-10,15H,7-8H2,1-4H3. The van der Waals surface area contributed by atoms with Crippen molar-refractivity contribution in [2.24, 2.45) is 0 Å². The molecule has 0 fully saturated rings. The molecule has 0 aliphatic carbocycles. The fraction of sp³-hybridized carbons (Fsp3) is 0.500. The molecule has 1 aromatic carbocycles. The first-order valence-electron chi connectivity index (χ1n) is 5.96. The van der Waals surface area contributed by atoms with Gasteiger partial charge in [-0.25, -0.2) is 0 Å². The average Bonchev–Trinajstić information content (AvgIpc) is 2.34. The van der Waals surface area contributed by atoms with Crippen molar-refractivity contribution in [1.29, 1.82) is 0 Å². The van der Waals surface area contributed by atoms with Crippen LogP contribution in [0.25, 0.3) is 0 Å². The molecule has 94 valence electrons. The zero-order valence-electron chi connectivity index (χ0n) is 11.0. The van der Waals surface area contributed by atoms with Crippen LogP contribution in [0.2, 0.25) is 0 Å². The Kier molecular flexibility index (Phi) is 5.16. The molecule has 0 unspecified atom stereocenters. The molecule has 0 aromatic heterocycles. The first kappa shape index (κ1) is 13.7. The van der Waals surface area contributed by atoms with E-state index in [-0.39, 0.29) is 5.78 Å². The quantitative estimate of drug-likeness (QED) is 0.770. The number of rotatable bonds is 6. The number of benzene rings is 1. The van der Waals surface area contributed by atoms with Gasteiger partial charge in [-0.1, -0.05) is 13.8 Å². The Bertz CT molecular complexity index is 386. The van der Waals surface area contributed by atoms with E-state index in [0.29, 0.717) is 18.9 Å². The summed E-state index contributed by atoms with van der Waals surface area (Å²) in [6.45, 7) is 4.90. The number of ketones is 1. The summed E-state index contributed by atoms with van der Waals surface area (Å²) in [6, 6.07) is 5.66. The number of ether oxygens (including phenoxy) is 1. The van der Waals surface area contributed by atoms with E-state index in [4.69, 9.17) is 4.74 Å².